The van der Waals surface area contributed by atoms with Crippen molar-refractivity contribution < 1.29 is 8.42 Å². The molecule has 0 fully saturated rings. The van der Waals surface area contributed by atoms with Crippen molar-refractivity contribution in [2.45, 2.75) is 4.90 Å². The molecule has 0 heterocycles. The van der Waals surface area contributed by atoms with Gasteiger partial charge in [-0.25, -0.2) is 13.6 Å². The molecule has 0 aliphatic carbocycles. The van der Waals surface area contributed by atoms with Crippen molar-refractivity contribution in [3.8, 4) is 0 Å². The fraction of sp³-hybridized carbons (Fsp3) is 0.143. The van der Waals surface area contributed by atoms with Gasteiger partial charge in [0.25, 0.3) is 0 Å². The van der Waals surface area contributed by atoms with Crippen LogP contribution in [0.25, 0.3) is 0 Å². The molecular formula is C7H9ClN2O2S. The Kier molecular flexibility index (Phi) is 2.80. The van der Waals surface area contributed by atoms with Crippen molar-refractivity contribution in [1.82, 2.24) is 0 Å². The van der Waals surface area contributed by atoms with Gasteiger partial charge in [0.2, 0.25) is 10.0 Å². The molecule has 3 N–H and O–H groups in total. The smallest absolute Gasteiger partial charge is 0.240 e. The van der Waals surface area contributed by atoms with Crippen LogP contribution in [-0.2, 0) is 10.0 Å². The van der Waals surface area contributed by atoms with Gasteiger partial charge in [-0.05, 0) is 18.2 Å². The van der Waals surface area contributed by atoms with Crippen LogP contribution in [0, 0.1) is 0 Å². The van der Waals surface area contributed by atoms with E-state index >= 15 is 0 Å². The first kappa shape index (κ1) is 10.3. The zero-order valence-corrected chi connectivity index (χ0v) is 8.48. The molecule has 0 aromatic heterocycles. The fourth-order valence-electron chi connectivity index (χ4n) is 0.938. The van der Waals surface area contributed by atoms with Crippen LogP contribution in [0.4, 0.5) is 5.69 Å². The standard InChI is InChI=1S/C7H9ClN2O2S/c1-10-6-3-2-5(8)4-7(6)13(9,11)12/h2-4,10H,1H3,(H2,9,11,12). The number of primary sulfonamides is 1. The number of halogens is 1. The normalized spacial score (nSPS) is 11.3. The Labute approximate surface area is 81.8 Å². The maximum absolute atomic E-state index is 11.0. The van der Waals surface area contributed by atoms with Gasteiger partial charge in [-0.3, -0.25) is 0 Å². The maximum Gasteiger partial charge on any atom is 0.240 e. The summed E-state index contributed by atoms with van der Waals surface area (Å²) in [6.45, 7) is 0. The first-order chi connectivity index (χ1) is 5.95. The van der Waals surface area contributed by atoms with Gasteiger partial charge in [-0.2, -0.15) is 0 Å². The number of benzene rings is 1. The highest BCUT2D eigenvalue weighted by Crippen LogP contribution is 2.23. The average molecular weight is 221 g/mol. The van der Waals surface area contributed by atoms with E-state index in [4.69, 9.17) is 16.7 Å². The van der Waals surface area contributed by atoms with Crippen molar-refractivity contribution >= 4 is 27.3 Å². The highest BCUT2D eigenvalue weighted by molar-refractivity contribution is 7.89. The van der Waals surface area contributed by atoms with Crippen molar-refractivity contribution in [2.24, 2.45) is 5.14 Å². The molecule has 6 heteroatoms. The van der Waals surface area contributed by atoms with Gasteiger partial charge >= 0.3 is 0 Å². The number of sulfonamides is 1. The van der Waals surface area contributed by atoms with Gasteiger partial charge in [-0.15, -0.1) is 0 Å². The van der Waals surface area contributed by atoms with Crippen molar-refractivity contribution in [3.05, 3.63) is 23.2 Å². The lowest BCUT2D eigenvalue weighted by Crippen LogP contribution is -2.14. The summed E-state index contributed by atoms with van der Waals surface area (Å²) in [5.41, 5.74) is 0.437. The Balaban J connectivity index is 3.41. The number of hydrogen-bond donors (Lipinski definition) is 2. The summed E-state index contributed by atoms with van der Waals surface area (Å²) in [5.74, 6) is 0. The average Bonchev–Trinajstić information content (AvgIpc) is 2.03. The summed E-state index contributed by atoms with van der Waals surface area (Å²) >= 11 is 5.63. The third-order valence-corrected chi connectivity index (χ3v) is 2.71. The number of rotatable bonds is 2. The topological polar surface area (TPSA) is 72.2 Å². The molecule has 13 heavy (non-hydrogen) atoms. The van der Waals surface area contributed by atoms with Gasteiger partial charge in [0.15, 0.2) is 0 Å². The van der Waals surface area contributed by atoms with Crippen LogP contribution in [0.5, 0.6) is 0 Å². The molecule has 1 aromatic carbocycles. The summed E-state index contributed by atoms with van der Waals surface area (Å²) in [5, 5.41) is 8.02. The summed E-state index contributed by atoms with van der Waals surface area (Å²) in [7, 11) is -2.11. The second kappa shape index (κ2) is 3.53. The number of hydrogen-bond acceptors (Lipinski definition) is 3. The minimum Gasteiger partial charge on any atom is -0.387 e. The number of nitrogens with one attached hydrogen (secondary N) is 1. The van der Waals surface area contributed by atoms with E-state index in [9.17, 15) is 8.42 Å². The first-order valence-electron chi connectivity index (χ1n) is 3.45. The van der Waals surface area contributed by atoms with Crippen LogP contribution in [0.2, 0.25) is 5.02 Å². The first-order valence-corrected chi connectivity index (χ1v) is 5.37. The van der Waals surface area contributed by atoms with Crippen LogP contribution in [0.15, 0.2) is 23.1 Å². The predicted octanol–water partition coefficient (Wildman–Crippen LogP) is 1.03. The summed E-state index contributed by atoms with van der Waals surface area (Å²) in [6.07, 6.45) is 0. The number of nitrogens with two attached hydrogens (primary N) is 1. The lowest BCUT2D eigenvalue weighted by atomic mass is 10.3. The highest BCUT2D eigenvalue weighted by Gasteiger charge is 2.13. The quantitative estimate of drug-likeness (QED) is 0.782. The van der Waals surface area contributed by atoms with Crippen LogP contribution >= 0.6 is 11.6 Å². The second-order valence-corrected chi connectivity index (χ2v) is 4.40. The van der Waals surface area contributed by atoms with E-state index in [2.05, 4.69) is 5.32 Å². The van der Waals surface area contributed by atoms with Crippen LogP contribution < -0.4 is 10.5 Å². The Morgan fingerprint density at radius 1 is 1.46 bits per heavy atom. The molecule has 0 saturated heterocycles. The molecule has 0 spiro atoms. The van der Waals surface area contributed by atoms with Crippen molar-refractivity contribution in [2.75, 3.05) is 12.4 Å². The van der Waals surface area contributed by atoms with Crippen LogP contribution in [0.1, 0.15) is 0 Å². The summed E-state index contributed by atoms with van der Waals surface area (Å²) < 4.78 is 22.1. The summed E-state index contributed by atoms with van der Waals surface area (Å²) in [4.78, 5) is 0.00231. The molecule has 1 aromatic rings. The van der Waals surface area contributed by atoms with Crippen LogP contribution in [0.3, 0.4) is 0 Å². The van der Waals surface area contributed by atoms with Gasteiger partial charge < -0.3 is 5.32 Å². The molecule has 1 rings (SSSR count). The molecule has 0 saturated carbocycles. The molecule has 0 aliphatic rings. The Morgan fingerprint density at radius 2 is 2.08 bits per heavy atom. The van der Waals surface area contributed by atoms with Gasteiger partial charge in [0, 0.05) is 12.1 Å². The van der Waals surface area contributed by atoms with Crippen molar-refractivity contribution in [3.63, 3.8) is 0 Å². The maximum atomic E-state index is 11.0. The third kappa shape index (κ3) is 2.33. The molecule has 0 aliphatic heterocycles. The van der Waals surface area contributed by atoms with E-state index in [1.165, 1.54) is 6.07 Å². The molecule has 0 unspecified atom stereocenters. The monoisotopic (exact) mass is 220 g/mol. The molecule has 0 bridgehead atoms. The van der Waals surface area contributed by atoms with E-state index in [0.29, 0.717) is 10.7 Å². The van der Waals surface area contributed by atoms with E-state index in [1.54, 1.807) is 19.2 Å². The molecule has 0 amide bonds. The van der Waals surface area contributed by atoms with Gasteiger partial charge in [0.05, 0.1) is 5.69 Å². The fourth-order valence-corrected chi connectivity index (χ4v) is 1.94. The molecule has 72 valence electrons. The van der Waals surface area contributed by atoms with E-state index in [0.717, 1.165) is 0 Å². The van der Waals surface area contributed by atoms with E-state index in [1.807, 2.05) is 0 Å². The predicted molar refractivity (Wildman–Crippen MR) is 52.4 cm³/mol. The Hall–Kier alpha value is -0.780. The molecular weight excluding hydrogens is 212 g/mol. The molecule has 0 radical (unpaired) electrons. The molecule has 4 nitrogen and oxygen atoms in total. The number of anilines is 1. The highest BCUT2D eigenvalue weighted by atomic mass is 35.5. The minimum absolute atomic E-state index is 0.00231. The van der Waals surface area contributed by atoms with Crippen molar-refractivity contribution in [1.29, 1.82) is 0 Å². The zero-order valence-electron chi connectivity index (χ0n) is 6.91. The van der Waals surface area contributed by atoms with Gasteiger partial charge in [0.1, 0.15) is 4.90 Å². The third-order valence-electron chi connectivity index (χ3n) is 1.52. The summed E-state index contributed by atoms with van der Waals surface area (Å²) in [6, 6.07) is 4.45. The van der Waals surface area contributed by atoms with E-state index in [-0.39, 0.29) is 4.90 Å². The lowest BCUT2D eigenvalue weighted by Gasteiger charge is -2.06. The van der Waals surface area contributed by atoms with Crippen LogP contribution in [-0.4, -0.2) is 15.5 Å². The Morgan fingerprint density at radius 3 is 2.54 bits per heavy atom. The van der Waals surface area contributed by atoms with E-state index < -0.39 is 10.0 Å². The minimum atomic E-state index is -3.72. The van der Waals surface area contributed by atoms with Gasteiger partial charge in [-0.1, -0.05) is 11.6 Å². The second-order valence-electron chi connectivity index (χ2n) is 2.44. The largest absolute Gasteiger partial charge is 0.387 e. The molecule has 0 atom stereocenters. The zero-order chi connectivity index (χ0) is 10.1. The lowest BCUT2D eigenvalue weighted by molar-refractivity contribution is 0.598. The SMILES string of the molecule is CNc1ccc(Cl)cc1S(N)(=O)=O. The Bertz CT molecular complexity index is 417.